The fourth-order valence-corrected chi connectivity index (χ4v) is 6.34. The van der Waals surface area contributed by atoms with E-state index in [1.165, 1.54) is 49.7 Å². The van der Waals surface area contributed by atoms with Gasteiger partial charge < -0.3 is 9.47 Å². The van der Waals surface area contributed by atoms with Gasteiger partial charge in [-0.2, -0.15) is 0 Å². The Morgan fingerprint density at radius 1 is 0.341 bits per heavy atom. The van der Waals surface area contributed by atoms with Gasteiger partial charge in [0.1, 0.15) is 0 Å². The number of aromatic nitrogens is 1. The predicted octanol–water partition coefficient (Wildman–Crippen LogP) is 11.6. The molecule has 7 aromatic carbocycles. The van der Waals surface area contributed by atoms with Crippen molar-refractivity contribution in [3.05, 3.63) is 182 Å². The van der Waals surface area contributed by atoms with E-state index >= 15 is 0 Å². The maximum absolute atomic E-state index is 2.40. The van der Waals surface area contributed by atoms with Crippen LogP contribution in [0.2, 0.25) is 0 Å². The number of fused-ring (bicyclic) bond motifs is 3. The molecule has 0 N–H and O–H groups in total. The van der Waals surface area contributed by atoms with Crippen molar-refractivity contribution >= 4 is 38.9 Å². The Morgan fingerprint density at radius 3 is 1.45 bits per heavy atom. The van der Waals surface area contributed by atoms with Crippen LogP contribution in [0, 0.1) is 0 Å². The molecule has 0 aliphatic heterocycles. The highest BCUT2D eigenvalue weighted by molar-refractivity contribution is 6.13. The summed E-state index contributed by atoms with van der Waals surface area (Å²) in [5.41, 5.74) is 11.8. The zero-order valence-corrected chi connectivity index (χ0v) is 24.2. The zero-order valence-electron chi connectivity index (χ0n) is 24.2. The van der Waals surface area contributed by atoms with E-state index in [0.29, 0.717) is 0 Å². The Morgan fingerprint density at radius 2 is 0.818 bits per heavy atom. The topological polar surface area (TPSA) is 8.17 Å². The number of rotatable bonds is 6. The van der Waals surface area contributed by atoms with Crippen LogP contribution in [-0.4, -0.2) is 4.57 Å². The van der Waals surface area contributed by atoms with Crippen molar-refractivity contribution in [1.82, 2.24) is 4.57 Å². The smallest absolute Gasteiger partial charge is 0.0619 e. The minimum atomic E-state index is 1.13. The third-order valence-corrected chi connectivity index (χ3v) is 8.39. The minimum Gasteiger partial charge on any atom is -0.311 e. The second-order valence-electron chi connectivity index (χ2n) is 11.0. The summed E-state index contributed by atoms with van der Waals surface area (Å²) < 4.78 is 2.40. The molecule has 0 fully saturated rings. The monoisotopic (exact) mass is 562 g/mol. The molecule has 44 heavy (non-hydrogen) atoms. The van der Waals surface area contributed by atoms with Crippen LogP contribution in [0.3, 0.4) is 0 Å². The van der Waals surface area contributed by atoms with Gasteiger partial charge in [-0.3, -0.25) is 0 Å². The quantitative estimate of drug-likeness (QED) is 0.196. The lowest BCUT2D eigenvalue weighted by Gasteiger charge is -2.25. The van der Waals surface area contributed by atoms with Crippen molar-refractivity contribution in [2.24, 2.45) is 0 Å². The molecule has 2 heteroatoms. The van der Waals surface area contributed by atoms with Gasteiger partial charge in [0.2, 0.25) is 0 Å². The van der Waals surface area contributed by atoms with Crippen molar-refractivity contribution in [2.75, 3.05) is 4.90 Å². The van der Waals surface area contributed by atoms with Gasteiger partial charge in [-0.1, -0.05) is 127 Å². The Kier molecular flexibility index (Phi) is 6.51. The number of hydrogen-bond donors (Lipinski definition) is 0. The van der Waals surface area contributed by atoms with Crippen LogP contribution < -0.4 is 4.90 Å². The molecule has 0 aliphatic rings. The molecule has 1 aromatic heterocycles. The van der Waals surface area contributed by atoms with Gasteiger partial charge >= 0.3 is 0 Å². The number of para-hydroxylation sites is 5. The van der Waals surface area contributed by atoms with Crippen molar-refractivity contribution in [3.8, 4) is 27.9 Å². The molecule has 0 unspecified atom stereocenters. The summed E-state index contributed by atoms with van der Waals surface area (Å²) in [7, 11) is 0. The lowest BCUT2D eigenvalue weighted by Crippen LogP contribution is -2.09. The molecule has 0 amide bonds. The molecule has 0 saturated heterocycles. The Hall–Kier alpha value is -5.86. The summed E-state index contributed by atoms with van der Waals surface area (Å²) in [6.45, 7) is 0. The van der Waals surface area contributed by atoms with Gasteiger partial charge in [-0.25, -0.2) is 0 Å². The van der Waals surface area contributed by atoms with E-state index in [-0.39, 0.29) is 0 Å². The molecule has 8 aromatic rings. The van der Waals surface area contributed by atoms with E-state index in [9.17, 15) is 0 Å². The Balaban J connectivity index is 1.17. The predicted molar refractivity (Wildman–Crippen MR) is 186 cm³/mol. The van der Waals surface area contributed by atoms with Gasteiger partial charge in [-0.05, 0) is 71.3 Å². The molecule has 1 heterocycles. The van der Waals surface area contributed by atoms with Gasteiger partial charge in [0.25, 0.3) is 0 Å². The molecule has 208 valence electrons. The van der Waals surface area contributed by atoms with E-state index in [1.54, 1.807) is 0 Å². The van der Waals surface area contributed by atoms with E-state index in [1.807, 2.05) is 0 Å². The number of nitrogens with zero attached hydrogens (tertiary/aromatic N) is 2. The van der Waals surface area contributed by atoms with Gasteiger partial charge in [0.15, 0.2) is 0 Å². The Bertz CT molecular complexity index is 2140. The second kappa shape index (κ2) is 11.1. The standard InChI is InChI=1S/C42H30N2/c1-4-13-34(14-5-1)43(35-15-6-2-7-16-35)37-29-27-32(28-30-37)31-23-25-33(26-24-31)38-20-12-21-40-39-19-10-11-22-41(39)44(42(38)40)36-17-8-3-9-18-36/h1-30H. The van der Waals surface area contributed by atoms with Crippen molar-refractivity contribution in [2.45, 2.75) is 0 Å². The molecule has 0 saturated carbocycles. The van der Waals surface area contributed by atoms with Crippen molar-refractivity contribution < 1.29 is 0 Å². The summed E-state index contributed by atoms with van der Waals surface area (Å²) in [6, 6.07) is 64.9. The first kappa shape index (κ1) is 25.8. The van der Waals surface area contributed by atoms with Gasteiger partial charge in [-0.15, -0.1) is 0 Å². The lowest BCUT2D eigenvalue weighted by atomic mass is 9.98. The largest absolute Gasteiger partial charge is 0.311 e. The highest BCUT2D eigenvalue weighted by Crippen LogP contribution is 2.39. The lowest BCUT2D eigenvalue weighted by molar-refractivity contribution is 1.18. The molecule has 2 nitrogen and oxygen atoms in total. The summed E-state index contributed by atoms with van der Waals surface area (Å²) in [5, 5.41) is 2.54. The van der Waals surface area contributed by atoms with Crippen LogP contribution in [0.4, 0.5) is 17.1 Å². The van der Waals surface area contributed by atoms with Crippen LogP contribution in [0.15, 0.2) is 182 Å². The van der Waals surface area contributed by atoms with E-state index in [0.717, 1.165) is 17.1 Å². The summed E-state index contributed by atoms with van der Waals surface area (Å²) in [6.07, 6.45) is 0. The maximum Gasteiger partial charge on any atom is 0.0619 e. The first-order valence-electron chi connectivity index (χ1n) is 15.0. The van der Waals surface area contributed by atoms with Crippen molar-refractivity contribution in [3.63, 3.8) is 0 Å². The Labute approximate surface area is 257 Å². The van der Waals surface area contributed by atoms with E-state index < -0.39 is 0 Å². The first-order chi connectivity index (χ1) is 21.8. The number of benzene rings is 7. The minimum absolute atomic E-state index is 1.13. The van der Waals surface area contributed by atoms with Crippen LogP contribution in [0.1, 0.15) is 0 Å². The first-order valence-corrected chi connectivity index (χ1v) is 15.0. The number of anilines is 3. The third-order valence-electron chi connectivity index (χ3n) is 8.39. The summed E-state index contributed by atoms with van der Waals surface area (Å²) >= 11 is 0. The highest BCUT2D eigenvalue weighted by atomic mass is 15.1. The molecule has 0 atom stereocenters. The third kappa shape index (κ3) is 4.54. The fraction of sp³-hybridized carbons (Fsp3) is 0. The van der Waals surface area contributed by atoms with Crippen LogP contribution in [0.5, 0.6) is 0 Å². The summed E-state index contributed by atoms with van der Waals surface area (Å²) in [4.78, 5) is 2.29. The zero-order chi connectivity index (χ0) is 29.3. The molecule has 0 aliphatic carbocycles. The molecular weight excluding hydrogens is 532 g/mol. The normalized spacial score (nSPS) is 11.2. The molecule has 8 rings (SSSR count). The van der Waals surface area contributed by atoms with E-state index in [4.69, 9.17) is 0 Å². The average molecular weight is 563 g/mol. The SMILES string of the molecule is c1ccc(N(c2ccccc2)c2ccc(-c3ccc(-c4cccc5c6ccccc6n(-c6ccccc6)c45)cc3)cc2)cc1. The van der Waals surface area contributed by atoms with Crippen LogP contribution in [-0.2, 0) is 0 Å². The molecular formula is C42H30N2. The van der Waals surface area contributed by atoms with Gasteiger partial charge in [0, 0.05) is 39.1 Å². The average Bonchev–Trinajstić information content (AvgIpc) is 3.45. The highest BCUT2D eigenvalue weighted by Gasteiger charge is 2.16. The van der Waals surface area contributed by atoms with E-state index in [2.05, 4.69) is 191 Å². The van der Waals surface area contributed by atoms with Crippen LogP contribution in [0.25, 0.3) is 49.7 Å². The van der Waals surface area contributed by atoms with Crippen LogP contribution >= 0.6 is 0 Å². The van der Waals surface area contributed by atoms with Crippen molar-refractivity contribution in [1.29, 1.82) is 0 Å². The fourth-order valence-electron chi connectivity index (χ4n) is 6.34. The van der Waals surface area contributed by atoms with Gasteiger partial charge in [0.05, 0.1) is 11.0 Å². The molecule has 0 spiro atoms. The summed E-state index contributed by atoms with van der Waals surface area (Å²) in [5.74, 6) is 0. The maximum atomic E-state index is 2.40. The second-order valence-corrected chi connectivity index (χ2v) is 11.0. The molecule has 0 radical (unpaired) electrons. The number of hydrogen-bond acceptors (Lipinski definition) is 1. The molecule has 0 bridgehead atoms.